The number of alkyl halides is 3. The third kappa shape index (κ3) is 2.28. The van der Waals surface area contributed by atoms with E-state index in [9.17, 15) is 13.2 Å². The maximum atomic E-state index is 12.8. The molecular weight excluding hydrogens is 277 g/mol. The van der Waals surface area contributed by atoms with Crippen LogP contribution in [-0.2, 0) is 13.2 Å². The molecule has 0 spiro atoms. The Kier molecular flexibility index (Phi) is 3.01. The summed E-state index contributed by atoms with van der Waals surface area (Å²) >= 11 is 0. The van der Waals surface area contributed by atoms with E-state index in [-0.39, 0.29) is 0 Å². The second kappa shape index (κ2) is 4.62. The van der Waals surface area contributed by atoms with E-state index in [4.69, 9.17) is 0 Å². The quantitative estimate of drug-likeness (QED) is 0.642. The van der Waals surface area contributed by atoms with Gasteiger partial charge < -0.3 is 4.57 Å². The van der Waals surface area contributed by atoms with Gasteiger partial charge in [-0.15, -0.1) is 0 Å². The first kappa shape index (κ1) is 13.7. The van der Waals surface area contributed by atoms with Gasteiger partial charge >= 0.3 is 6.18 Å². The number of rotatable bonds is 1. The van der Waals surface area contributed by atoms with Crippen LogP contribution in [0.25, 0.3) is 22.4 Å². The van der Waals surface area contributed by atoms with Gasteiger partial charge in [-0.05, 0) is 30.7 Å². The molecular formula is C16H13F3N2. The number of benzene rings is 2. The zero-order valence-electron chi connectivity index (χ0n) is 11.6. The Morgan fingerprint density at radius 3 is 2.43 bits per heavy atom. The predicted octanol–water partition coefficient (Wildman–Crippen LogP) is 4.57. The number of imidazole rings is 1. The Labute approximate surface area is 119 Å². The maximum absolute atomic E-state index is 12.8. The molecule has 0 amide bonds. The average molecular weight is 290 g/mol. The van der Waals surface area contributed by atoms with Gasteiger partial charge in [0.2, 0.25) is 0 Å². The van der Waals surface area contributed by atoms with Crippen molar-refractivity contribution in [1.82, 2.24) is 9.55 Å². The van der Waals surface area contributed by atoms with Crippen molar-refractivity contribution < 1.29 is 13.2 Å². The van der Waals surface area contributed by atoms with Crippen molar-refractivity contribution in [2.75, 3.05) is 0 Å². The van der Waals surface area contributed by atoms with E-state index < -0.39 is 11.7 Å². The first-order chi connectivity index (χ1) is 9.88. The van der Waals surface area contributed by atoms with Crippen molar-refractivity contribution in [1.29, 1.82) is 0 Å². The van der Waals surface area contributed by atoms with Gasteiger partial charge in [-0.3, -0.25) is 0 Å². The van der Waals surface area contributed by atoms with Crippen LogP contribution in [0.5, 0.6) is 0 Å². The zero-order valence-corrected chi connectivity index (χ0v) is 11.6. The van der Waals surface area contributed by atoms with Crippen LogP contribution in [0, 0.1) is 6.92 Å². The second-order valence-corrected chi connectivity index (χ2v) is 5.01. The molecule has 1 aromatic heterocycles. The molecule has 3 aromatic rings. The van der Waals surface area contributed by atoms with E-state index in [1.807, 2.05) is 42.8 Å². The summed E-state index contributed by atoms with van der Waals surface area (Å²) in [6.07, 6.45) is -4.35. The maximum Gasteiger partial charge on any atom is 0.416 e. The van der Waals surface area contributed by atoms with Crippen molar-refractivity contribution in [2.45, 2.75) is 13.1 Å². The van der Waals surface area contributed by atoms with Crippen LogP contribution in [-0.4, -0.2) is 9.55 Å². The molecule has 5 heteroatoms. The molecule has 21 heavy (non-hydrogen) atoms. The first-order valence-electron chi connectivity index (χ1n) is 6.47. The lowest BCUT2D eigenvalue weighted by atomic mass is 10.1. The summed E-state index contributed by atoms with van der Waals surface area (Å²) in [5.41, 5.74) is 2.31. The number of halogens is 3. The fourth-order valence-corrected chi connectivity index (χ4v) is 2.44. The molecule has 0 aliphatic heterocycles. The summed E-state index contributed by atoms with van der Waals surface area (Å²) in [5.74, 6) is 0.669. The van der Waals surface area contributed by atoms with E-state index in [2.05, 4.69) is 4.98 Å². The molecule has 2 aromatic carbocycles. The van der Waals surface area contributed by atoms with E-state index in [0.717, 1.165) is 23.3 Å². The predicted molar refractivity (Wildman–Crippen MR) is 75.9 cm³/mol. The van der Waals surface area contributed by atoms with Gasteiger partial charge in [-0.1, -0.05) is 24.3 Å². The van der Waals surface area contributed by atoms with E-state index in [0.29, 0.717) is 16.9 Å². The Balaban J connectivity index is 2.23. The van der Waals surface area contributed by atoms with Crippen LogP contribution >= 0.6 is 0 Å². The van der Waals surface area contributed by atoms with E-state index in [1.165, 1.54) is 6.07 Å². The summed E-state index contributed by atoms with van der Waals surface area (Å²) in [4.78, 5) is 4.38. The van der Waals surface area contributed by atoms with Crippen LogP contribution < -0.4 is 0 Å². The number of fused-ring (bicyclic) bond motifs is 1. The number of aromatic nitrogens is 2. The second-order valence-electron chi connectivity index (χ2n) is 5.01. The number of aryl methyl sites for hydroxylation is 2. The number of nitrogens with zero attached hydrogens (tertiary/aromatic N) is 2. The molecule has 0 N–H and O–H groups in total. The largest absolute Gasteiger partial charge is 0.416 e. The fourth-order valence-electron chi connectivity index (χ4n) is 2.44. The molecule has 0 saturated heterocycles. The van der Waals surface area contributed by atoms with Gasteiger partial charge in [0.1, 0.15) is 5.82 Å². The van der Waals surface area contributed by atoms with Gasteiger partial charge in [0.25, 0.3) is 0 Å². The van der Waals surface area contributed by atoms with Gasteiger partial charge in [0.15, 0.2) is 0 Å². The van der Waals surface area contributed by atoms with Crippen molar-refractivity contribution in [2.24, 2.45) is 7.05 Å². The lowest BCUT2D eigenvalue weighted by molar-refractivity contribution is -0.137. The monoisotopic (exact) mass is 290 g/mol. The van der Waals surface area contributed by atoms with Crippen molar-refractivity contribution >= 4 is 11.0 Å². The summed E-state index contributed by atoms with van der Waals surface area (Å²) in [6.45, 7) is 1.95. The van der Waals surface area contributed by atoms with Crippen LogP contribution in [0.15, 0.2) is 42.5 Å². The average Bonchev–Trinajstić information content (AvgIpc) is 2.75. The summed E-state index contributed by atoms with van der Waals surface area (Å²) < 4.78 is 40.1. The fraction of sp³-hybridized carbons (Fsp3) is 0.188. The van der Waals surface area contributed by atoms with Crippen LogP contribution in [0.3, 0.4) is 0 Å². The molecule has 0 unspecified atom stereocenters. The third-order valence-electron chi connectivity index (χ3n) is 3.59. The first-order valence-corrected chi connectivity index (χ1v) is 6.47. The van der Waals surface area contributed by atoms with Gasteiger partial charge in [0.05, 0.1) is 16.6 Å². The molecule has 0 bridgehead atoms. The SMILES string of the molecule is Cc1ccccc1-c1nc2cc(C(F)(F)F)ccc2n1C. The molecule has 0 radical (unpaired) electrons. The molecule has 0 aliphatic rings. The lowest BCUT2D eigenvalue weighted by Crippen LogP contribution is -2.04. The van der Waals surface area contributed by atoms with E-state index >= 15 is 0 Å². The molecule has 1 heterocycles. The van der Waals surface area contributed by atoms with Gasteiger partial charge in [-0.2, -0.15) is 13.2 Å². The summed E-state index contributed by atoms with van der Waals surface area (Å²) in [5, 5.41) is 0. The van der Waals surface area contributed by atoms with Gasteiger partial charge in [0, 0.05) is 12.6 Å². The standard InChI is InChI=1S/C16H13F3N2/c1-10-5-3-4-6-12(10)15-20-13-9-11(16(17,18)19)7-8-14(13)21(15)2/h3-9H,1-2H3. The smallest absolute Gasteiger partial charge is 0.327 e. The van der Waals surface area contributed by atoms with Crippen LogP contribution in [0.2, 0.25) is 0 Å². The molecule has 108 valence electrons. The number of hydrogen-bond acceptors (Lipinski definition) is 1. The highest BCUT2D eigenvalue weighted by Crippen LogP contribution is 2.33. The minimum absolute atomic E-state index is 0.352. The Hall–Kier alpha value is -2.30. The van der Waals surface area contributed by atoms with Gasteiger partial charge in [-0.25, -0.2) is 4.98 Å². The molecule has 0 atom stereocenters. The zero-order chi connectivity index (χ0) is 15.2. The third-order valence-corrected chi connectivity index (χ3v) is 3.59. The minimum Gasteiger partial charge on any atom is -0.327 e. The Morgan fingerprint density at radius 2 is 1.76 bits per heavy atom. The number of hydrogen-bond donors (Lipinski definition) is 0. The highest BCUT2D eigenvalue weighted by molar-refractivity contribution is 5.81. The highest BCUT2D eigenvalue weighted by atomic mass is 19.4. The van der Waals surface area contributed by atoms with Crippen molar-refractivity contribution in [3.05, 3.63) is 53.6 Å². The van der Waals surface area contributed by atoms with E-state index in [1.54, 1.807) is 0 Å². The molecule has 0 fully saturated rings. The minimum atomic E-state index is -4.35. The molecule has 0 aliphatic carbocycles. The van der Waals surface area contributed by atoms with Crippen molar-refractivity contribution in [3.63, 3.8) is 0 Å². The molecule has 3 rings (SSSR count). The van der Waals surface area contributed by atoms with Crippen LogP contribution in [0.4, 0.5) is 13.2 Å². The van der Waals surface area contributed by atoms with Crippen LogP contribution in [0.1, 0.15) is 11.1 Å². The Morgan fingerprint density at radius 1 is 1.05 bits per heavy atom. The summed E-state index contributed by atoms with van der Waals surface area (Å²) in [6, 6.07) is 11.3. The van der Waals surface area contributed by atoms with Crippen molar-refractivity contribution in [3.8, 4) is 11.4 Å². The summed E-state index contributed by atoms with van der Waals surface area (Å²) in [7, 11) is 1.81. The lowest BCUT2D eigenvalue weighted by Gasteiger charge is -2.06. The topological polar surface area (TPSA) is 17.8 Å². The highest BCUT2D eigenvalue weighted by Gasteiger charge is 2.31. The Bertz CT molecular complexity index is 816. The normalized spacial score (nSPS) is 12.0. The molecule has 0 saturated carbocycles. The molecule has 2 nitrogen and oxygen atoms in total.